The largest absolute Gasteiger partial charge is 0.496 e. The van der Waals surface area contributed by atoms with Crippen molar-refractivity contribution >= 4 is 11.3 Å². The Labute approximate surface area is 123 Å². The van der Waals surface area contributed by atoms with Gasteiger partial charge in [0.05, 0.1) is 36.5 Å². The first-order chi connectivity index (χ1) is 9.71. The van der Waals surface area contributed by atoms with Crippen LogP contribution in [0.25, 0.3) is 0 Å². The number of rotatable bonds is 6. The number of hydrogen-bond donors (Lipinski definition) is 1. The summed E-state index contributed by atoms with van der Waals surface area (Å²) >= 11 is 1.65. The molecule has 0 aliphatic heterocycles. The van der Waals surface area contributed by atoms with Gasteiger partial charge in [0.25, 0.3) is 0 Å². The number of benzene rings is 1. The van der Waals surface area contributed by atoms with E-state index in [2.05, 4.69) is 22.6 Å². The quantitative estimate of drug-likeness (QED) is 0.888. The smallest absolute Gasteiger partial charge is 0.127 e. The van der Waals surface area contributed by atoms with E-state index in [1.165, 1.54) is 0 Å². The average Bonchev–Trinajstić information content (AvgIpc) is 2.90. The molecule has 0 saturated carbocycles. The first kappa shape index (κ1) is 14.8. The van der Waals surface area contributed by atoms with Gasteiger partial charge >= 0.3 is 0 Å². The van der Waals surface area contributed by atoms with Crippen molar-refractivity contribution in [2.24, 2.45) is 0 Å². The highest BCUT2D eigenvalue weighted by atomic mass is 32.1. The summed E-state index contributed by atoms with van der Waals surface area (Å²) in [5, 5.41) is 6.59. The van der Waals surface area contributed by atoms with Gasteiger partial charge in [0.1, 0.15) is 11.5 Å². The van der Waals surface area contributed by atoms with Crippen LogP contribution in [0.1, 0.15) is 29.2 Å². The molecule has 1 unspecified atom stereocenters. The van der Waals surface area contributed by atoms with Crippen molar-refractivity contribution in [2.45, 2.75) is 19.9 Å². The standard InChI is InChI=1S/C15H20N2O2S/c1-5-16-15(11-9-20-10(2)17-11)14-12(18-3)7-6-8-13(14)19-4/h6-9,15-16H,5H2,1-4H3. The Hall–Kier alpha value is -1.59. The molecule has 0 fully saturated rings. The highest BCUT2D eigenvalue weighted by molar-refractivity contribution is 7.09. The van der Waals surface area contributed by atoms with Crippen LogP contribution in [0.3, 0.4) is 0 Å². The summed E-state index contributed by atoms with van der Waals surface area (Å²) in [4.78, 5) is 4.60. The third-order valence-electron chi connectivity index (χ3n) is 3.10. The van der Waals surface area contributed by atoms with E-state index in [-0.39, 0.29) is 6.04 Å². The van der Waals surface area contributed by atoms with Gasteiger partial charge in [-0.05, 0) is 25.6 Å². The Bertz CT molecular complexity index is 547. The number of thiazole rings is 1. The molecule has 0 bridgehead atoms. The molecule has 0 radical (unpaired) electrons. The van der Waals surface area contributed by atoms with Crippen LogP contribution in [0.15, 0.2) is 23.6 Å². The second kappa shape index (κ2) is 6.72. The third-order valence-corrected chi connectivity index (χ3v) is 3.89. The summed E-state index contributed by atoms with van der Waals surface area (Å²) < 4.78 is 11.0. The molecule has 1 aromatic heterocycles. The highest BCUT2D eigenvalue weighted by Crippen LogP contribution is 2.37. The Morgan fingerprint density at radius 3 is 2.35 bits per heavy atom. The molecule has 1 atom stereocenters. The molecule has 0 aliphatic rings. The monoisotopic (exact) mass is 292 g/mol. The van der Waals surface area contributed by atoms with Crippen LogP contribution in [0.5, 0.6) is 11.5 Å². The van der Waals surface area contributed by atoms with Gasteiger partial charge in [-0.1, -0.05) is 13.0 Å². The molecule has 2 rings (SSSR count). The minimum Gasteiger partial charge on any atom is -0.496 e. The summed E-state index contributed by atoms with van der Waals surface area (Å²) in [6.07, 6.45) is 0. The molecule has 1 heterocycles. The van der Waals surface area contributed by atoms with Gasteiger partial charge in [-0.3, -0.25) is 0 Å². The van der Waals surface area contributed by atoms with Crippen LogP contribution in [0.2, 0.25) is 0 Å². The van der Waals surface area contributed by atoms with Crippen molar-refractivity contribution in [3.8, 4) is 11.5 Å². The van der Waals surface area contributed by atoms with E-state index in [1.54, 1.807) is 25.6 Å². The second-order valence-electron chi connectivity index (χ2n) is 4.36. The zero-order valence-electron chi connectivity index (χ0n) is 12.3. The van der Waals surface area contributed by atoms with E-state index in [4.69, 9.17) is 9.47 Å². The molecular weight excluding hydrogens is 272 g/mol. The Balaban J connectivity index is 2.53. The van der Waals surface area contributed by atoms with E-state index in [1.807, 2.05) is 25.1 Å². The minimum atomic E-state index is -0.0314. The molecule has 0 saturated heterocycles. The van der Waals surface area contributed by atoms with Crippen molar-refractivity contribution in [1.82, 2.24) is 10.3 Å². The molecule has 5 heteroatoms. The third kappa shape index (κ3) is 2.94. The molecule has 0 aliphatic carbocycles. The van der Waals surface area contributed by atoms with Gasteiger partial charge in [-0.15, -0.1) is 11.3 Å². The van der Waals surface area contributed by atoms with Crippen molar-refractivity contribution in [1.29, 1.82) is 0 Å². The number of nitrogens with zero attached hydrogens (tertiary/aromatic N) is 1. The van der Waals surface area contributed by atoms with E-state index < -0.39 is 0 Å². The maximum absolute atomic E-state index is 5.50. The topological polar surface area (TPSA) is 43.4 Å². The van der Waals surface area contributed by atoms with Crippen LogP contribution in [0, 0.1) is 6.92 Å². The lowest BCUT2D eigenvalue weighted by molar-refractivity contribution is 0.376. The van der Waals surface area contributed by atoms with Crippen LogP contribution in [-0.2, 0) is 0 Å². The molecule has 0 amide bonds. The van der Waals surface area contributed by atoms with Gasteiger partial charge in [-0.25, -0.2) is 4.98 Å². The summed E-state index contributed by atoms with van der Waals surface area (Å²) in [5.74, 6) is 1.61. The van der Waals surface area contributed by atoms with Crippen LogP contribution in [0.4, 0.5) is 0 Å². The molecule has 1 aromatic carbocycles. The summed E-state index contributed by atoms with van der Waals surface area (Å²) in [6.45, 7) is 4.92. The number of ether oxygens (including phenoxy) is 2. The lowest BCUT2D eigenvalue weighted by Crippen LogP contribution is -2.23. The van der Waals surface area contributed by atoms with Crippen molar-refractivity contribution < 1.29 is 9.47 Å². The van der Waals surface area contributed by atoms with E-state index in [0.717, 1.165) is 34.3 Å². The van der Waals surface area contributed by atoms with Crippen LogP contribution in [-0.4, -0.2) is 25.7 Å². The number of nitrogens with one attached hydrogen (secondary N) is 1. The predicted molar refractivity (Wildman–Crippen MR) is 81.9 cm³/mol. The van der Waals surface area contributed by atoms with Gasteiger partial charge in [0.2, 0.25) is 0 Å². The fourth-order valence-electron chi connectivity index (χ4n) is 2.24. The van der Waals surface area contributed by atoms with Gasteiger partial charge < -0.3 is 14.8 Å². The second-order valence-corrected chi connectivity index (χ2v) is 5.42. The average molecular weight is 292 g/mol. The first-order valence-corrected chi connectivity index (χ1v) is 7.45. The summed E-state index contributed by atoms with van der Waals surface area (Å²) in [6, 6.07) is 5.79. The molecule has 20 heavy (non-hydrogen) atoms. The zero-order valence-corrected chi connectivity index (χ0v) is 13.1. The fourth-order valence-corrected chi connectivity index (χ4v) is 2.87. The van der Waals surface area contributed by atoms with E-state index in [9.17, 15) is 0 Å². The Morgan fingerprint density at radius 1 is 1.25 bits per heavy atom. The van der Waals surface area contributed by atoms with Crippen LogP contribution < -0.4 is 14.8 Å². The van der Waals surface area contributed by atoms with Crippen molar-refractivity contribution in [2.75, 3.05) is 20.8 Å². The zero-order chi connectivity index (χ0) is 14.5. The van der Waals surface area contributed by atoms with Crippen LogP contribution >= 0.6 is 11.3 Å². The number of hydrogen-bond acceptors (Lipinski definition) is 5. The highest BCUT2D eigenvalue weighted by Gasteiger charge is 2.23. The SMILES string of the molecule is CCNC(c1csc(C)n1)c1c(OC)cccc1OC. The summed E-state index contributed by atoms with van der Waals surface area (Å²) in [7, 11) is 3.35. The lowest BCUT2D eigenvalue weighted by Gasteiger charge is -2.21. The number of methoxy groups -OCH3 is 2. The predicted octanol–water partition coefficient (Wildman–Crippen LogP) is 3.17. The van der Waals surface area contributed by atoms with Crippen molar-refractivity contribution in [3.63, 3.8) is 0 Å². The lowest BCUT2D eigenvalue weighted by atomic mass is 10.0. The van der Waals surface area contributed by atoms with E-state index in [0.29, 0.717) is 0 Å². The molecule has 0 spiro atoms. The number of aryl methyl sites for hydroxylation is 1. The maximum Gasteiger partial charge on any atom is 0.127 e. The van der Waals surface area contributed by atoms with E-state index >= 15 is 0 Å². The van der Waals surface area contributed by atoms with Gasteiger partial charge in [0, 0.05) is 5.38 Å². The normalized spacial score (nSPS) is 12.2. The fraction of sp³-hybridized carbons (Fsp3) is 0.400. The minimum absolute atomic E-state index is 0.0314. The van der Waals surface area contributed by atoms with Gasteiger partial charge in [-0.2, -0.15) is 0 Å². The van der Waals surface area contributed by atoms with Gasteiger partial charge in [0.15, 0.2) is 0 Å². The molecule has 1 N–H and O–H groups in total. The molecule has 2 aromatic rings. The Morgan fingerprint density at radius 2 is 1.90 bits per heavy atom. The molecule has 4 nitrogen and oxygen atoms in total. The first-order valence-electron chi connectivity index (χ1n) is 6.57. The molecular formula is C15H20N2O2S. The van der Waals surface area contributed by atoms with Crippen molar-refractivity contribution in [3.05, 3.63) is 39.8 Å². The molecule has 108 valence electrons. The maximum atomic E-state index is 5.50. The summed E-state index contributed by atoms with van der Waals surface area (Å²) in [5.41, 5.74) is 1.99. The Kier molecular flexibility index (Phi) is 4.98. The number of aromatic nitrogens is 1.